The molecule has 10 heteroatoms. The van der Waals surface area contributed by atoms with Crippen molar-refractivity contribution in [2.75, 3.05) is 26.2 Å². The quantitative estimate of drug-likeness (QED) is 0.163. The number of nitrogens with one attached hydrogen (secondary N) is 1. The highest BCUT2D eigenvalue weighted by Gasteiger charge is 2.47. The fourth-order valence-electron chi connectivity index (χ4n) is 6.93. The molecule has 1 spiro atoms. The Morgan fingerprint density at radius 2 is 1.79 bits per heavy atom. The second kappa shape index (κ2) is 14.4. The van der Waals surface area contributed by atoms with E-state index in [1.165, 1.54) is 10.6 Å². The summed E-state index contributed by atoms with van der Waals surface area (Å²) in [4.78, 5) is 34.7. The molecular weight excluding hydrogens is 617 g/mol. The van der Waals surface area contributed by atoms with Gasteiger partial charge in [-0.2, -0.15) is 0 Å². The Kier molecular flexibility index (Phi) is 10.0. The van der Waals surface area contributed by atoms with Gasteiger partial charge in [-0.3, -0.25) is 18.8 Å². The highest BCUT2D eigenvalue weighted by molar-refractivity contribution is 6.30. The topological polar surface area (TPSA) is 72.9 Å². The van der Waals surface area contributed by atoms with Crippen LogP contribution in [0.15, 0.2) is 82.4 Å². The van der Waals surface area contributed by atoms with Gasteiger partial charge in [0.15, 0.2) is 0 Å². The third-order valence-electron chi connectivity index (χ3n) is 9.51. The van der Waals surface area contributed by atoms with Gasteiger partial charge in [-0.25, -0.2) is 15.8 Å². The molecule has 6 rings (SSSR count). The lowest BCUT2D eigenvalue weighted by molar-refractivity contribution is -0.0810. The van der Waals surface area contributed by atoms with Crippen LogP contribution >= 0.6 is 11.6 Å². The van der Waals surface area contributed by atoms with Crippen molar-refractivity contribution in [3.05, 3.63) is 149 Å². The Bertz CT molecular complexity index is 1870. The molecule has 0 aliphatic carbocycles. The van der Waals surface area contributed by atoms with Gasteiger partial charge in [0.05, 0.1) is 37.0 Å². The Morgan fingerprint density at radius 3 is 2.51 bits per heavy atom. The van der Waals surface area contributed by atoms with E-state index in [1.807, 2.05) is 61.5 Å². The van der Waals surface area contributed by atoms with Gasteiger partial charge in [-0.05, 0) is 54.7 Å². The van der Waals surface area contributed by atoms with Crippen molar-refractivity contribution >= 4 is 11.6 Å². The maximum atomic E-state index is 15.2. The van der Waals surface area contributed by atoms with Gasteiger partial charge in [0.2, 0.25) is 6.54 Å². The molecule has 47 heavy (non-hydrogen) atoms. The smallest absolute Gasteiger partial charge is 0.331 e. The maximum absolute atomic E-state index is 15.2. The van der Waals surface area contributed by atoms with Crippen molar-refractivity contribution in [3.63, 3.8) is 0 Å². The number of piperidine rings is 1. The number of likely N-dealkylation sites (tertiary alicyclic amines) is 1. The molecule has 1 aromatic heterocycles. The lowest BCUT2D eigenvalue weighted by atomic mass is 9.85. The molecule has 0 saturated carbocycles. The predicted octanol–water partition coefficient (Wildman–Crippen LogP) is 5.82. The first-order valence-corrected chi connectivity index (χ1v) is 16.5. The van der Waals surface area contributed by atoms with Gasteiger partial charge >= 0.3 is 5.69 Å². The van der Waals surface area contributed by atoms with E-state index in [1.54, 1.807) is 10.6 Å². The van der Waals surface area contributed by atoms with Crippen LogP contribution in [-0.2, 0) is 36.6 Å². The summed E-state index contributed by atoms with van der Waals surface area (Å²) in [6.07, 6.45) is 1.82. The summed E-state index contributed by atoms with van der Waals surface area (Å²) in [5.74, 6) is -0.394. The van der Waals surface area contributed by atoms with Crippen molar-refractivity contribution in [2.24, 2.45) is 0 Å². The molecular formula is C37H39ClFN5O3. The number of benzene rings is 3. The molecule has 4 aromatic rings. The molecule has 0 bridgehead atoms. The number of aryl methyl sites for hydroxylation is 1. The minimum absolute atomic E-state index is 0.00524. The molecule has 0 radical (unpaired) electrons. The van der Waals surface area contributed by atoms with E-state index in [9.17, 15) is 9.59 Å². The van der Waals surface area contributed by atoms with Crippen LogP contribution in [0.1, 0.15) is 58.8 Å². The Labute approximate surface area is 279 Å². The highest BCUT2D eigenvalue weighted by atomic mass is 35.5. The zero-order valence-electron chi connectivity index (χ0n) is 26.6. The molecule has 1 atom stereocenters. The molecule has 1 fully saturated rings. The minimum atomic E-state index is -0.843. The fraction of sp³-hybridized carbons (Fsp3) is 0.378. The van der Waals surface area contributed by atoms with Gasteiger partial charge < -0.3 is 14.9 Å². The SMILES string of the molecule is [C-]#[N+]CCCN[C@H](Cn1c(=O)c2c(n(Cc3c(C)cccc3F)c1=O)COC21CCN(Cc2cccc(Cl)c2)CC1)c1ccccc1. The van der Waals surface area contributed by atoms with E-state index in [2.05, 4.69) is 21.1 Å². The average Bonchev–Trinajstić information content (AvgIpc) is 3.43. The minimum Gasteiger partial charge on any atom is -0.364 e. The number of rotatable bonds is 11. The summed E-state index contributed by atoms with van der Waals surface area (Å²) < 4.78 is 24.6. The summed E-state index contributed by atoms with van der Waals surface area (Å²) in [5, 5.41) is 4.17. The summed E-state index contributed by atoms with van der Waals surface area (Å²) in [6.45, 7) is 12.2. The summed E-state index contributed by atoms with van der Waals surface area (Å²) in [6, 6.07) is 22.0. The lowest BCUT2D eigenvalue weighted by Gasteiger charge is -2.39. The van der Waals surface area contributed by atoms with Crippen LogP contribution < -0.4 is 16.6 Å². The predicted molar refractivity (Wildman–Crippen MR) is 181 cm³/mol. The number of halogens is 2. The molecule has 1 N–H and O–H groups in total. The van der Waals surface area contributed by atoms with Crippen LogP contribution in [0.4, 0.5) is 4.39 Å². The fourth-order valence-corrected chi connectivity index (χ4v) is 7.14. The molecule has 2 aliphatic rings. The summed E-state index contributed by atoms with van der Waals surface area (Å²) >= 11 is 6.23. The van der Waals surface area contributed by atoms with E-state index < -0.39 is 17.1 Å². The Morgan fingerprint density at radius 1 is 1.02 bits per heavy atom. The van der Waals surface area contributed by atoms with Crippen molar-refractivity contribution in [1.29, 1.82) is 0 Å². The van der Waals surface area contributed by atoms with Gasteiger partial charge in [-0.15, -0.1) is 0 Å². The zero-order valence-corrected chi connectivity index (χ0v) is 27.3. The molecule has 244 valence electrons. The summed E-state index contributed by atoms with van der Waals surface area (Å²) in [7, 11) is 0. The van der Waals surface area contributed by atoms with Crippen LogP contribution in [0.5, 0.6) is 0 Å². The standard InChI is InChI=1S/C37H39ClFN5O3/c1-26-9-6-14-31(39)30(26)23-43-33-25-47-37(15-19-42(20-16-37)22-27-10-7-13-29(38)21-27)34(33)35(45)44(36(43)46)24-32(41-18-8-17-40-2)28-11-4-3-5-12-28/h3-7,9-14,21,32,41H,8,15-20,22-25H2,1H3/t32-/m1/s1. The first kappa shape index (κ1) is 32.9. The second-order valence-electron chi connectivity index (χ2n) is 12.5. The van der Waals surface area contributed by atoms with E-state index in [4.69, 9.17) is 22.9 Å². The zero-order chi connectivity index (χ0) is 33.0. The van der Waals surface area contributed by atoms with Gasteiger partial charge in [0.25, 0.3) is 5.56 Å². The van der Waals surface area contributed by atoms with Crippen molar-refractivity contribution in [3.8, 4) is 0 Å². The highest BCUT2D eigenvalue weighted by Crippen LogP contribution is 2.42. The molecule has 3 aromatic carbocycles. The third-order valence-corrected chi connectivity index (χ3v) is 9.74. The Balaban J connectivity index is 1.39. The molecule has 3 heterocycles. The third kappa shape index (κ3) is 6.97. The molecule has 0 unspecified atom stereocenters. The van der Waals surface area contributed by atoms with Crippen LogP contribution in [0.25, 0.3) is 4.85 Å². The molecule has 2 aliphatic heterocycles. The van der Waals surface area contributed by atoms with E-state index in [0.717, 1.165) is 23.2 Å². The van der Waals surface area contributed by atoms with Crippen LogP contribution in [0, 0.1) is 19.3 Å². The van der Waals surface area contributed by atoms with Crippen molar-refractivity contribution in [1.82, 2.24) is 19.4 Å². The average molecular weight is 656 g/mol. The number of ether oxygens (including phenoxy) is 1. The first-order valence-electron chi connectivity index (χ1n) is 16.1. The molecule has 8 nitrogen and oxygen atoms in total. The Hall–Kier alpha value is -4.07. The first-order chi connectivity index (χ1) is 22.8. The number of aromatic nitrogens is 2. The van der Waals surface area contributed by atoms with Crippen molar-refractivity contribution < 1.29 is 9.13 Å². The van der Waals surface area contributed by atoms with E-state index in [0.29, 0.717) is 67.3 Å². The maximum Gasteiger partial charge on any atom is 0.331 e. The largest absolute Gasteiger partial charge is 0.364 e. The van der Waals surface area contributed by atoms with Gasteiger partial charge in [-0.1, -0.05) is 66.2 Å². The molecule has 1 saturated heterocycles. The second-order valence-corrected chi connectivity index (χ2v) is 12.9. The number of fused-ring (bicyclic) bond motifs is 2. The number of nitrogens with zero attached hydrogens (tertiary/aromatic N) is 4. The van der Waals surface area contributed by atoms with E-state index in [-0.39, 0.29) is 31.3 Å². The number of hydrogen-bond donors (Lipinski definition) is 1. The van der Waals surface area contributed by atoms with Crippen molar-refractivity contribution in [2.45, 2.75) is 64.1 Å². The van der Waals surface area contributed by atoms with Crippen LogP contribution in [0.3, 0.4) is 0 Å². The molecule has 0 amide bonds. The van der Waals surface area contributed by atoms with Gasteiger partial charge in [0, 0.05) is 43.2 Å². The van der Waals surface area contributed by atoms with Gasteiger partial charge in [0.1, 0.15) is 11.4 Å². The van der Waals surface area contributed by atoms with E-state index >= 15 is 4.39 Å². The van der Waals surface area contributed by atoms with Crippen LogP contribution in [-0.4, -0.2) is 40.2 Å². The normalized spacial score (nSPS) is 16.2. The van der Waals surface area contributed by atoms with Crippen LogP contribution in [0.2, 0.25) is 5.02 Å². The number of hydrogen-bond acceptors (Lipinski definition) is 5. The lowest BCUT2D eigenvalue weighted by Crippen LogP contribution is -2.50. The monoisotopic (exact) mass is 655 g/mol. The summed E-state index contributed by atoms with van der Waals surface area (Å²) in [5.41, 5.74) is 2.55.